The smallest absolute Gasteiger partial charge is 0.191 e. The minimum Gasteiger partial charge on any atom is -0.357 e. The van der Waals surface area contributed by atoms with Crippen molar-refractivity contribution in [1.29, 1.82) is 0 Å². The Balaban J connectivity index is 2.54. The van der Waals surface area contributed by atoms with E-state index in [1.807, 2.05) is 6.92 Å². The van der Waals surface area contributed by atoms with E-state index in [1.165, 1.54) is 0 Å². The van der Waals surface area contributed by atoms with E-state index in [-0.39, 0.29) is 12.3 Å². The molecule has 0 fully saturated rings. The molecular formula is C14H27N3O2S. The van der Waals surface area contributed by atoms with Gasteiger partial charge in [0.2, 0.25) is 0 Å². The maximum atomic E-state index is 12.0. The molecule has 116 valence electrons. The molecule has 5 nitrogen and oxygen atoms in total. The summed E-state index contributed by atoms with van der Waals surface area (Å²) < 4.78 is 23.3. The molecule has 0 aromatic rings. The molecule has 6 heteroatoms. The van der Waals surface area contributed by atoms with Gasteiger partial charge in [0.1, 0.15) is 0 Å². The van der Waals surface area contributed by atoms with Crippen LogP contribution in [0, 0.1) is 0 Å². The van der Waals surface area contributed by atoms with Gasteiger partial charge in [0.05, 0.1) is 17.0 Å². The molecule has 0 radical (unpaired) electrons. The van der Waals surface area contributed by atoms with Gasteiger partial charge < -0.3 is 10.6 Å². The highest BCUT2D eigenvalue weighted by Crippen LogP contribution is 2.15. The van der Waals surface area contributed by atoms with Crippen molar-refractivity contribution in [2.24, 2.45) is 4.99 Å². The van der Waals surface area contributed by atoms with Crippen LogP contribution >= 0.6 is 0 Å². The SMILES string of the molecule is CCNC(=NCCS(=O)(=O)C(C)(C)C)NC1CC=CC1. The zero-order valence-corrected chi connectivity index (χ0v) is 13.8. The first-order valence-electron chi connectivity index (χ1n) is 7.18. The summed E-state index contributed by atoms with van der Waals surface area (Å²) in [4.78, 5) is 4.36. The third-order valence-corrected chi connectivity index (χ3v) is 5.84. The summed E-state index contributed by atoms with van der Waals surface area (Å²) in [5.74, 6) is 0.779. The molecule has 0 saturated carbocycles. The second-order valence-corrected chi connectivity index (χ2v) is 8.84. The van der Waals surface area contributed by atoms with E-state index in [0.29, 0.717) is 12.0 Å². The fraction of sp³-hybridized carbons (Fsp3) is 0.786. The second kappa shape index (κ2) is 7.11. The van der Waals surface area contributed by atoms with Crippen molar-refractivity contribution in [2.75, 3.05) is 18.8 Å². The van der Waals surface area contributed by atoms with Gasteiger partial charge in [-0.05, 0) is 40.5 Å². The Morgan fingerprint density at radius 3 is 2.40 bits per heavy atom. The molecule has 0 aromatic carbocycles. The van der Waals surface area contributed by atoms with Crippen LogP contribution < -0.4 is 10.6 Å². The summed E-state index contributed by atoms with van der Waals surface area (Å²) in [5, 5.41) is 6.47. The fourth-order valence-electron chi connectivity index (χ4n) is 1.83. The minimum absolute atomic E-state index is 0.0794. The summed E-state index contributed by atoms with van der Waals surface area (Å²) in [6.45, 7) is 8.21. The molecule has 0 bridgehead atoms. The molecule has 1 rings (SSSR count). The van der Waals surface area contributed by atoms with Gasteiger partial charge >= 0.3 is 0 Å². The molecule has 0 aromatic heterocycles. The summed E-state index contributed by atoms with van der Waals surface area (Å²) in [7, 11) is -3.11. The Bertz CT molecular complexity index is 453. The summed E-state index contributed by atoms with van der Waals surface area (Å²) in [5.41, 5.74) is 0. The van der Waals surface area contributed by atoms with Crippen molar-refractivity contribution in [1.82, 2.24) is 10.6 Å². The van der Waals surface area contributed by atoms with Crippen LogP contribution in [-0.2, 0) is 9.84 Å². The summed E-state index contributed by atoms with van der Waals surface area (Å²) in [6.07, 6.45) is 6.27. The maximum Gasteiger partial charge on any atom is 0.191 e. The Morgan fingerprint density at radius 1 is 1.30 bits per heavy atom. The third kappa shape index (κ3) is 5.15. The molecule has 0 spiro atoms. The predicted molar refractivity (Wildman–Crippen MR) is 84.8 cm³/mol. The molecule has 0 heterocycles. The topological polar surface area (TPSA) is 70.6 Å². The zero-order chi connectivity index (χ0) is 15.2. The van der Waals surface area contributed by atoms with Crippen molar-refractivity contribution >= 4 is 15.8 Å². The van der Waals surface area contributed by atoms with Crippen molar-refractivity contribution in [3.63, 3.8) is 0 Å². The van der Waals surface area contributed by atoms with Gasteiger partial charge in [-0.3, -0.25) is 4.99 Å². The highest BCUT2D eigenvalue weighted by atomic mass is 32.2. The van der Waals surface area contributed by atoms with E-state index in [4.69, 9.17) is 0 Å². The number of rotatable bonds is 5. The van der Waals surface area contributed by atoms with Crippen LogP contribution in [0.2, 0.25) is 0 Å². The normalized spacial score (nSPS) is 17.5. The summed E-state index contributed by atoms with van der Waals surface area (Å²) >= 11 is 0. The lowest BCUT2D eigenvalue weighted by Crippen LogP contribution is -2.43. The zero-order valence-electron chi connectivity index (χ0n) is 12.9. The van der Waals surface area contributed by atoms with Gasteiger partial charge in [0.15, 0.2) is 15.8 Å². The first-order chi connectivity index (χ1) is 9.26. The lowest BCUT2D eigenvalue weighted by molar-refractivity contribution is 0.560. The Labute approximate surface area is 122 Å². The molecule has 20 heavy (non-hydrogen) atoms. The van der Waals surface area contributed by atoms with Gasteiger partial charge in [-0.25, -0.2) is 8.42 Å². The van der Waals surface area contributed by atoms with E-state index in [1.54, 1.807) is 20.8 Å². The molecule has 0 aliphatic heterocycles. The van der Waals surface area contributed by atoms with Crippen LogP contribution in [0.1, 0.15) is 40.5 Å². The molecule has 2 N–H and O–H groups in total. The highest BCUT2D eigenvalue weighted by molar-refractivity contribution is 7.92. The van der Waals surface area contributed by atoms with Crippen molar-refractivity contribution in [3.8, 4) is 0 Å². The monoisotopic (exact) mass is 301 g/mol. The standard InChI is InChI=1S/C14H27N3O2S/c1-5-15-13(17-12-8-6-7-9-12)16-10-11-20(18,19)14(2,3)4/h6-7,12H,5,8-11H2,1-4H3,(H2,15,16,17). The highest BCUT2D eigenvalue weighted by Gasteiger charge is 2.28. The molecule has 0 amide bonds. The number of guanidine groups is 1. The number of sulfone groups is 1. The van der Waals surface area contributed by atoms with Crippen molar-refractivity contribution < 1.29 is 8.42 Å². The van der Waals surface area contributed by atoms with Crippen LogP contribution in [0.3, 0.4) is 0 Å². The van der Waals surface area contributed by atoms with E-state index in [9.17, 15) is 8.42 Å². The molecular weight excluding hydrogens is 274 g/mol. The van der Waals surface area contributed by atoms with Crippen LogP contribution in [0.25, 0.3) is 0 Å². The molecule has 0 atom stereocenters. The predicted octanol–water partition coefficient (Wildman–Crippen LogP) is 1.47. The molecule has 0 unspecified atom stereocenters. The Kier molecular flexibility index (Phi) is 6.05. The Hall–Kier alpha value is -1.04. The lowest BCUT2D eigenvalue weighted by Gasteiger charge is -2.19. The van der Waals surface area contributed by atoms with Gasteiger partial charge in [-0.15, -0.1) is 0 Å². The van der Waals surface area contributed by atoms with E-state index in [2.05, 4.69) is 27.8 Å². The average molecular weight is 301 g/mol. The number of nitrogens with one attached hydrogen (secondary N) is 2. The van der Waals surface area contributed by atoms with Crippen LogP contribution in [0.4, 0.5) is 0 Å². The molecule has 0 saturated heterocycles. The van der Waals surface area contributed by atoms with E-state index < -0.39 is 14.6 Å². The van der Waals surface area contributed by atoms with Gasteiger partial charge in [-0.2, -0.15) is 0 Å². The van der Waals surface area contributed by atoms with Gasteiger partial charge in [0, 0.05) is 12.6 Å². The van der Waals surface area contributed by atoms with Gasteiger partial charge in [0.25, 0.3) is 0 Å². The van der Waals surface area contributed by atoms with Crippen molar-refractivity contribution in [2.45, 2.75) is 51.3 Å². The number of nitrogens with zero attached hydrogens (tertiary/aromatic N) is 1. The number of hydrogen-bond acceptors (Lipinski definition) is 3. The first kappa shape index (κ1) is 17.0. The molecule has 1 aliphatic rings. The molecule has 1 aliphatic carbocycles. The van der Waals surface area contributed by atoms with Gasteiger partial charge in [-0.1, -0.05) is 12.2 Å². The fourth-order valence-corrected chi connectivity index (χ4v) is 2.78. The average Bonchev–Trinajstić information content (AvgIpc) is 2.80. The summed E-state index contributed by atoms with van der Waals surface area (Å²) in [6, 6.07) is 0.368. The quantitative estimate of drug-likeness (QED) is 0.458. The van der Waals surface area contributed by atoms with E-state index in [0.717, 1.165) is 19.4 Å². The Morgan fingerprint density at radius 2 is 1.90 bits per heavy atom. The third-order valence-electron chi connectivity index (χ3n) is 3.26. The number of aliphatic imine (C=N–C) groups is 1. The lowest BCUT2D eigenvalue weighted by atomic mass is 10.2. The van der Waals surface area contributed by atoms with Crippen LogP contribution in [0.5, 0.6) is 0 Å². The first-order valence-corrected chi connectivity index (χ1v) is 8.83. The maximum absolute atomic E-state index is 12.0. The minimum atomic E-state index is -3.11. The van der Waals surface area contributed by atoms with Crippen LogP contribution in [-0.4, -0.2) is 44.0 Å². The van der Waals surface area contributed by atoms with Crippen LogP contribution in [0.15, 0.2) is 17.1 Å². The largest absolute Gasteiger partial charge is 0.357 e. The number of hydrogen-bond donors (Lipinski definition) is 2. The second-order valence-electron chi connectivity index (χ2n) is 5.98. The van der Waals surface area contributed by atoms with E-state index >= 15 is 0 Å². The van der Waals surface area contributed by atoms with Crippen molar-refractivity contribution in [3.05, 3.63) is 12.2 Å².